The maximum Gasteiger partial charge on any atom is 0.262 e. The number of fused-ring (bicyclic) bond motifs is 1. The first-order chi connectivity index (χ1) is 12.4. The van der Waals surface area contributed by atoms with E-state index in [-0.39, 0.29) is 12.5 Å². The molecule has 3 rings (SSSR count). The van der Waals surface area contributed by atoms with Crippen LogP contribution in [0.2, 0.25) is 10.0 Å². The normalized spacial score (nSPS) is 10.8. The first-order valence-electron chi connectivity index (χ1n) is 7.64. The standard InChI is InChI=1S/C17H16Cl2N4O2S/c1-8-5-12-16(26-17(21-12)23-20)9(2)15(8)22-14(24)7-25-13-4-3-10(18)6-11(13)19/h3-6H,7,20H2,1-2H3,(H,21,23)(H,22,24). The monoisotopic (exact) mass is 410 g/mol. The number of halogens is 2. The van der Waals surface area contributed by atoms with Gasteiger partial charge in [-0.05, 0) is 49.2 Å². The fourth-order valence-electron chi connectivity index (χ4n) is 2.55. The minimum atomic E-state index is -0.289. The number of carbonyl (C=O) groups is 1. The van der Waals surface area contributed by atoms with Crippen molar-refractivity contribution in [1.29, 1.82) is 0 Å². The van der Waals surface area contributed by atoms with E-state index >= 15 is 0 Å². The highest BCUT2D eigenvalue weighted by molar-refractivity contribution is 7.22. The van der Waals surface area contributed by atoms with Crippen LogP contribution in [0, 0.1) is 13.8 Å². The summed E-state index contributed by atoms with van der Waals surface area (Å²) in [7, 11) is 0. The van der Waals surface area contributed by atoms with Crippen molar-refractivity contribution >= 4 is 61.5 Å². The van der Waals surface area contributed by atoms with Crippen molar-refractivity contribution < 1.29 is 9.53 Å². The lowest BCUT2D eigenvalue weighted by Crippen LogP contribution is -2.21. The summed E-state index contributed by atoms with van der Waals surface area (Å²) in [5.74, 6) is 5.54. The van der Waals surface area contributed by atoms with Gasteiger partial charge in [0.15, 0.2) is 11.7 Å². The van der Waals surface area contributed by atoms with E-state index in [0.29, 0.717) is 20.9 Å². The highest BCUT2D eigenvalue weighted by Crippen LogP contribution is 2.35. The van der Waals surface area contributed by atoms with Crippen molar-refractivity contribution in [2.75, 3.05) is 17.3 Å². The number of nitrogens with one attached hydrogen (secondary N) is 2. The summed E-state index contributed by atoms with van der Waals surface area (Å²) >= 11 is 13.3. The van der Waals surface area contributed by atoms with Crippen molar-refractivity contribution in [1.82, 2.24) is 4.98 Å². The number of hydrogen-bond acceptors (Lipinski definition) is 6. The van der Waals surface area contributed by atoms with E-state index in [2.05, 4.69) is 15.7 Å². The van der Waals surface area contributed by atoms with Gasteiger partial charge in [-0.15, -0.1) is 0 Å². The first kappa shape index (κ1) is 18.7. The number of amides is 1. The second-order valence-corrected chi connectivity index (χ2v) is 7.46. The Morgan fingerprint density at radius 1 is 1.31 bits per heavy atom. The van der Waals surface area contributed by atoms with E-state index < -0.39 is 0 Å². The third kappa shape index (κ3) is 3.86. The third-order valence-corrected chi connectivity index (χ3v) is 5.41. The summed E-state index contributed by atoms with van der Waals surface area (Å²) in [5.41, 5.74) is 5.95. The Bertz CT molecular complexity index is 991. The lowest BCUT2D eigenvalue weighted by molar-refractivity contribution is -0.118. The molecule has 6 nitrogen and oxygen atoms in total. The lowest BCUT2D eigenvalue weighted by atomic mass is 10.1. The van der Waals surface area contributed by atoms with E-state index in [4.69, 9.17) is 33.8 Å². The van der Waals surface area contributed by atoms with Crippen LogP contribution in [0.25, 0.3) is 10.2 Å². The predicted octanol–water partition coefficient (Wildman–Crippen LogP) is 4.52. The molecule has 0 aliphatic carbocycles. The molecule has 1 amide bonds. The summed E-state index contributed by atoms with van der Waals surface area (Å²) in [5, 5.41) is 4.36. The summed E-state index contributed by atoms with van der Waals surface area (Å²) in [4.78, 5) is 16.7. The molecule has 9 heteroatoms. The van der Waals surface area contributed by atoms with Gasteiger partial charge in [0.1, 0.15) is 5.75 Å². The number of carbonyl (C=O) groups excluding carboxylic acids is 1. The predicted molar refractivity (Wildman–Crippen MR) is 107 cm³/mol. The van der Waals surface area contributed by atoms with Crippen molar-refractivity contribution in [3.05, 3.63) is 45.4 Å². The second-order valence-electron chi connectivity index (χ2n) is 5.62. The largest absolute Gasteiger partial charge is 0.482 e. The molecule has 0 atom stereocenters. The summed E-state index contributed by atoms with van der Waals surface area (Å²) in [6.07, 6.45) is 0. The van der Waals surface area contributed by atoms with Crippen LogP contribution in [0.1, 0.15) is 11.1 Å². The number of aryl methyl sites for hydroxylation is 2. The maximum atomic E-state index is 12.3. The number of benzene rings is 2. The summed E-state index contributed by atoms with van der Waals surface area (Å²) in [6.45, 7) is 3.67. The van der Waals surface area contributed by atoms with Crippen molar-refractivity contribution in [3.63, 3.8) is 0 Å². The van der Waals surface area contributed by atoms with Crippen LogP contribution in [0.15, 0.2) is 24.3 Å². The van der Waals surface area contributed by atoms with Crippen LogP contribution in [0.5, 0.6) is 5.75 Å². The van der Waals surface area contributed by atoms with Crippen molar-refractivity contribution in [3.8, 4) is 5.75 Å². The Kier molecular flexibility index (Phi) is 5.52. The average molecular weight is 411 g/mol. The van der Waals surface area contributed by atoms with E-state index in [1.54, 1.807) is 18.2 Å². The van der Waals surface area contributed by atoms with E-state index in [0.717, 1.165) is 27.0 Å². The molecule has 0 spiro atoms. The Morgan fingerprint density at radius 2 is 2.08 bits per heavy atom. The zero-order valence-electron chi connectivity index (χ0n) is 14.0. The number of hydrogen-bond donors (Lipinski definition) is 3. The molecule has 136 valence electrons. The number of aromatic nitrogens is 1. The Hall–Kier alpha value is -2.06. The van der Waals surface area contributed by atoms with Crippen LogP contribution < -0.4 is 21.3 Å². The molecule has 0 saturated carbocycles. The molecule has 0 saturated heterocycles. The highest BCUT2D eigenvalue weighted by atomic mass is 35.5. The van der Waals surface area contributed by atoms with Gasteiger partial charge in [0.25, 0.3) is 5.91 Å². The van der Waals surface area contributed by atoms with E-state index in [1.807, 2.05) is 19.9 Å². The Morgan fingerprint density at radius 3 is 2.77 bits per heavy atom. The van der Waals surface area contributed by atoms with Crippen LogP contribution in [-0.4, -0.2) is 17.5 Å². The molecule has 0 radical (unpaired) electrons. The molecule has 0 bridgehead atoms. The first-order valence-corrected chi connectivity index (χ1v) is 9.21. The number of ether oxygens (including phenoxy) is 1. The topological polar surface area (TPSA) is 89.3 Å². The number of anilines is 2. The minimum Gasteiger partial charge on any atom is -0.482 e. The van der Waals surface area contributed by atoms with Gasteiger partial charge in [0.05, 0.1) is 15.2 Å². The summed E-state index contributed by atoms with van der Waals surface area (Å²) < 4.78 is 6.43. The zero-order chi connectivity index (χ0) is 18.8. The molecule has 1 heterocycles. The third-order valence-electron chi connectivity index (χ3n) is 3.76. The van der Waals surface area contributed by atoms with Crippen LogP contribution in [0.4, 0.5) is 10.8 Å². The molecule has 3 aromatic rings. The van der Waals surface area contributed by atoms with Gasteiger partial charge in [-0.25, -0.2) is 10.8 Å². The molecule has 26 heavy (non-hydrogen) atoms. The molecule has 4 N–H and O–H groups in total. The molecule has 0 aliphatic heterocycles. The molecule has 1 aromatic heterocycles. The van der Waals surface area contributed by atoms with Crippen LogP contribution in [0.3, 0.4) is 0 Å². The second kappa shape index (κ2) is 7.67. The molecule has 2 aromatic carbocycles. The van der Waals surface area contributed by atoms with Gasteiger partial charge in [0.2, 0.25) is 0 Å². The number of hydrazine groups is 1. The molecular formula is C17H16Cl2N4O2S. The van der Waals surface area contributed by atoms with Gasteiger partial charge in [-0.2, -0.15) is 0 Å². The lowest BCUT2D eigenvalue weighted by Gasteiger charge is -2.13. The number of thiazole rings is 1. The summed E-state index contributed by atoms with van der Waals surface area (Å²) in [6, 6.07) is 6.74. The number of nitrogen functional groups attached to an aromatic ring is 1. The average Bonchev–Trinajstić information content (AvgIpc) is 3.01. The molecular weight excluding hydrogens is 395 g/mol. The quantitative estimate of drug-likeness (QED) is 0.424. The number of nitrogens with two attached hydrogens (primary N) is 1. The zero-order valence-corrected chi connectivity index (χ0v) is 16.4. The van der Waals surface area contributed by atoms with Crippen LogP contribution in [-0.2, 0) is 4.79 Å². The van der Waals surface area contributed by atoms with Crippen LogP contribution >= 0.6 is 34.5 Å². The van der Waals surface area contributed by atoms with Gasteiger partial charge in [-0.1, -0.05) is 34.5 Å². The Balaban J connectivity index is 1.76. The SMILES string of the molecule is Cc1cc2nc(NN)sc2c(C)c1NC(=O)COc1ccc(Cl)cc1Cl. The fourth-order valence-corrected chi connectivity index (χ4v) is 3.87. The molecule has 0 fully saturated rings. The number of nitrogens with zero attached hydrogens (tertiary/aromatic N) is 1. The molecule has 0 aliphatic rings. The highest BCUT2D eigenvalue weighted by Gasteiger charge is 2.15. The number of rotatable bonds is 5. The maximum absolute atomic E-state index is 12.3. The van der Waals surface area contributed by atoms with Crippen molar-refractivity contribution in [2.24, 2.45) is 5.84 Å². The molecule has 0 unspecified atom stereocenters. The van der Waals surface area contributed by atoms with E-state index in [9.17, 15) is 4.79 Å². The fraction of sp³-hybridized carbons (Fsp3) is 0.176. The Labute approximate surface area is 164 Å². The van der Waals surface area contributed by atoms with Gasteiger partial charge in [0, 0.05) is 10.7 Å². The van der Waals surface area contributed by atoms with Gasteiger partial charge in [-0.3, -0.25) is 10.2 Å². The smallest absolute Gasteiger partial charge is 0.262 e. The van der Waals surface area contributed by atoms with Gasteiger partial charge >= 0.3 is 0 Å². The van der Waals surface area contributed by atoms with Gasteiger partial charge < -0.3 is 10.1 Å². The minimum absolute atomic E-state index is 0.170. The van der Waals surface area contributed by atoms with E-state index in [1.165, 1.54) is 11.3 Å². The van der Waals surface area contributed by atoms with Crippen molar-refractivity contribution in [2.45, 2.75) is 13.8 Å².